The number of hydrogen-bond donors (Lipinski definition) is 3. The molecule has 162 valence electrons. The maximum atomic E-state index is 12.2. The van der Waals surface area contributed by atoms with Crippen LogP contribution >= 0.6 is 24.0 Å². The van der Waals surface area contributed by atoms with Gasteiger partial charge in [-0.15, -0.1) is 24.0 Å². The molecule has 8 nitrogen and oxygen atoms in total. The van der Waals surface area contributed by atoms with Crippen molar-refractivity contribution in [2.45, 2.75) is 78.5 Å². The van der Waals surface area contributed by atoms with E-state index in [0.717, 1.165) is 30.7 Å². The van der Waals surface area contributed by atoms with Crippen LogP contribution < -0.4 is 16.0 Å². The van der Waals surface area contributed by atoms with E-state index in [1.54, 1.807) is 7.05 Å². The lowest BCUT2D eigenvalue weighted by atomic mass is 9.93. The Balaban J connectivity index is 0.00000729. The molecule has 0 spiro atoms. The Bertz CT molecular complexity index is 621. The molecule has 1 heterocycles. The quantitative estimate of drug-likeness (QED) is 0.281. The monoisotopic (exact) mass is 509 g/mol. The first-order valence-corrected chi connectivity index (χ1v) is 9.57. The number of hydrogen-bond acceptors (Lipinski definition) is 5. The summed E-state index contributed by atoms with van der Waals surface area (Å²) in [5.74, 6) is 1.38. The Kier molecular flexibility index (Phi) is 11.5. The van der Waals surface area contributed by atoms with Crippen LogP contribution in [0.1, 0.15) is 65.8 Å². The molecule has 0 unspecified atom stereocenters. The maximum Gasteiger partial charge on any atom is 0.408 e. The Morgan fingerprint density at radius 2 is 1.86 bits per heavy atom. The van der Waals surface area contributed by atoms with Gasteiger partial charge in [-0.3, -0.25) is 4.99 Å². The molecule has 3 N–H and O–H groups in total. The number of aromatic nitrogens is 1. The molecule has 1 aromatic heterocycles. The van der Waals surface area contributed by atoms with Crippen LogP contribution in [0.4, 0.5) is 4.79 Å². The van der Waals surface area contributed by atoms with E-state index in [1.165, 1.54) is 0 Å². The summed E-state index contributed by atoms with van der Waals surface area (Å²) in [5, 5.41) is 13.5. The largest absolute Gasteiger partial charge is 0.444 e. The number of nitrogens with zero attached hydrogens (tertiary/aromatic N) is 2. The minimum Gasteiger partial charge on any atom is -0.444 e. The van der Waals surface area contributed by atoms with Crippen molar-refractivity contribution in [3.63, 3.8) is 0 Å². The molecule has 1 amide bonds. The van der Waals surface area contributed by atoms with Crippen molar-refractivity contribution in [1.82, 2.24) is 21.1 Å². The number of aryl methyl sites for hydroxylation is 1. The van der Waals surface area contributed by atoms with E-state index in [0.29, 0.717) is 19.0 Å². The highest BCUT2D eigenvalue weighted by atomic mass is 127. The lowest BCUT2D eigenvalue weighted by Crippen LogP contribution is -2.57. The number of halogens is 1. The summed E-state index contributed by atoms with van der Waals surface area (Å²) >= 11 is 0. The molecule has 9 heteroatoms. The summed E-state index contributed by atoms with van der Waals surface area (Å²) < 4.78 is 10.7. The number of carbonyl (C=O) groups is 1. The predicted octanol–water partition coefficient (Wildman–Crippen LogP) is 3.60. The topological polar surface area (TPSA) is 101 Å². The van der Waals surface area contributed by atoms with Crippen molar-refractivity contribution in [2.75, 3.05) is 13.6 Å². The lowest BCUT2D eigenvalue weighted by Gasteiger charge is -2.34. The van der Waals surface area contributed by atoms with Gasteiger partial charge in [-0.2, -0.15) is 0 Å². The van der Waals surface area contributed by atoms with Gasteiger partial charge in [0.1, 0.15) is 5.60 Å². The van der Waals surface area contributed by atoms with Crippen molar-refractivity contribution < 1.29 is 14.1 Å². The van der Waals surface area contributed by atoms with Crippen LogP contribution in [0.5, 0.6) is 0 Å². The standard InChI is InChI=1S/C19H35N5O3.HI/c1-8-14-11-15(27-24-14)12-21-16(20-7)22-13-19(9-2,10-3)23-17(25)26-18(4,5)6;/h11H,8-10,12-13H2,1-7H3,(H,23,25)(H2,20,21,22);1H. The van der Waals surface area contributed by atoms with Gasteiger partial charge in [0.05, 0.1) is 17.8 Å². The van der Waals surface area contributed by atoms with Crippen molar-refractivity contribution in [2.24, 2.45) is 4.99 Å². The van der Waals surface area contributed by atoms with Crippen molar-refractivity contribution >= 4 is 36.0 Å². The second-order valence-electron chi connectivity index (χ2n) is 7.53. The number of ether oxygens (including phenoxy) is 1. The Labute approximate surface area is 185 Å². The van der Waals surface area contributed by atoms with E-state index < -0.39 is 17.2 Å². The predicted molar refractivity (Wildman–Crippen MR) is 122 cm³/mol. The first-order valence-electron chi connectivity index (χ1n) is 9.57. The fourth-order valence-electron chi connectivity index (χ4n) is 2.49. The molecule has 0 atom stereocenters. The van der Waals surface area contributed by atoms with Gasteiger partial charge in [0, 0.05) is 19.7 Å². The Morgan fingerprint density at radius 1 is 1.21 bits per heavy atom. The number of aliphatic imine (C=N–C) groups is 1. The van der Waals surface area contributed by atoms with E-state index in [1.807, 2.05) is 47.6 Å². The molecule has 0 saturated heterocycles. The molecule has 0 aliphatic carbocycles. The maximum absolute atomic E-state index is 12.2. The van der Waals surface area contributed by atoms with Gasteiger partial charge in [0.25, 0.3) is 0 Å². The number of nitrogens with one attached hydrogen (secondary N) is 3. The van der Waals surface area contributed by atoms with Crippen LogP contribution in [-0.2, 0) is 17.7 Å². The molecule has 0 saturated carbocycles. The summed E-state index contributed by atoms with van der Waals surface area (Å²) in [4.78, 5) is 16.5. The van der Waals surface area contributed by atoms with Crippen LogP contribution in [0.3, 0.4) is 0 Å². The average Bonchev–Trinajstić information content (AvgIpc) is 3.07. The molecule has 0 aliphatic rings. The van der Waals surface area contributed by atoms with Crippen LogP contribution in [0.15, 0.2) is 15.6 Å². The van der Waals surface area contributed by atoms with Gasteiger partial charge in [-0.05, 0) is 40.0 Å². The van der Waals surface area contributed by atoms with Gasteiger partial charge in [0.2, 0.25) is 0 Å². The van der Waals surface area contributed by atoms with Crippen molar-refractivity contribution in [3.05, 3.63) is 17.5 Å². The molecular weight excluding hydrogens is 473 g/mol. The van der Waals surface area contributed by atoms with Crippen LogP contribution in [0, 0.1) is 0 Å². The third-order valence-corrected chi connectivity index (χ3v) is 4.34. The Hall–Kier alpha value is -1.52. The number of alkyl carbamates (subject to hydrolysis) is 1. The van der Waals surface area contributed by atoms with Gasteiger partial charge in [-0.25, -0.2) is 4.79 Å². The summed E-state index contributed by atoms with van der Waals surface area (Å²) in [6.45, 7) is 12.7. The minimum absolute atomic E-state index is 0. The summed E-state index contributed by atoms with van der Waals surface area (Å²) in [5.41, 5.74) is -0.0366. The molecule has 0 radical (unpaired) electrons. The minimum atomic E-state index is -0.531. The fourth-order valence-corrected chi connectivity index (χ4v) is 2.49. The summed E-state index contributed by atoms with van der Waals surface area (Å²) in [7, 11) is 1.70. The summed E-state index contributed by atoms with van der Waals surface area (Å²) in [6.07, 6.45) is 1.94. The zero-order valence-electron chi connectivity index (χ0n) is 18.1. The van der Waals surface area contributed by atoms with E-state index in [9.17, 15) is 4.79 Å². The van der Waals surface area contributed by atoms with Crippen molar-refractivity contribution in [3.8, 4) is 0 Å². The molecule has 1 aromatic rings. The van der Waals surface area contributed by atoms with Gasteiger partial charge < -0.3 is 25.2 Å². The highest BCUT2D eigenvalue weighted by Crippen LogP contribution is 2.16. The first-order chi connectivity index (χ1) is 12.7. The van der Waals surface area contributed by atoms with E-state index >= 15 is 0 Å². The van der Waals surface area contributed by atoms with Crippen LogP contribution in [0.2, 0.25) is 0 Å². The second kappa shape index (κ2) is 12.1. The number of amides is 1. The first kappa shape index (κ1) is 26.5. The number of carbonyl (C=O) groups excluding carboxylic acids is 1. The van der Waals surface area contributed by atoms with Crippen molar-refractivity contribution in [1.29, 1.82) is 0 Å². The third kappa shape index (κ3) is 9.11. The van der Waals surface area contributed by atoms with Crippen LogP contribution in [-0.4, -0.2) is 41.9 Å². The number of rotatable bonds is 8. The highest BCUT2D eigenvalue weighted by molar-refractivity contribution is 14.0. The SMILES string of the molecule is CCc1cc(CNC(=NC)NCC(CC)(CC)NC(=O)OC(C)(C)C)on1.I. The van der Waals surface area contributed by atoms with E-state index in [-0.39, 0.29) is 24.0 Å². The molecule has 0 aromatic carbocycles. The zero-order valence-corrected chi connectivity index (χ0v) is 20.5. The molecular formula is C19H36IN5O3. The average molecular weight is 509 g/mol. The normalized spacial score (nSPS) is 12.2. The Morgan fingerprint density at radius 3 is 2.32 bits per heavy atom. The zero-order chi connectivity index (χ0) is 20.5. The molecule has 1 rings (SSSR count). The van der Waals surface area contributed by atoms with Crippen LogP contribution in [0.25, 0.3) is 0 Å². The van der Waals surface area contributed by atoms with Gasteiger partial charge >= 0.3 is 6.09 Å². The molecule has 0 aliphatic heterocycles. The molecule has 0 bridgehead atoms. The van der Waals surface area contributed by atoms with E-state index in [4.69, 9.17) is 9.26 Å². The smallest absolute Gasteiger partial charge is 0.408 e. The summed E-state index contributed by atoms with van der Waals surface area (Å²) in [6, 6.07) is 1.92. The van der Waals surface area contributed by atoms with E-state index in [2.05, 4.69) is 26.1 Å². The lowest BCUT2D eigenvalue weighted by molar-refractivity contribution is 0.0448. The van der Waals surface area contributed by atoms with Gasteiger partial charge in [-0.1, -0.05) is 25.9 Å². The molecule has 0 fully saturated rings. The van der Waals surface area contributed by atoms with Gasteiger partial charge in [0.15, 0.2) is 11.7 Å². The number of guanidine groups is 1. The fraction of sp³-hybridized carbons (Fsp3) is 0.737. The third-order valence-electron chi connectivity index (χ3n) is 4.34. The second-order valence-corrected chi connectivity index (χ2v) is 7.53. The highest BCUT2D eigenvalue weighted by Gasteiger charge is 2.30. The molecule has 28 heavy (non-hydrogen) atoms.